The fourth-order valence-electron chi connectivity index (χ4n) is 2.37. The minimum atomic E-state index is 0. The molecule has 2 aliphatic heterocycles. The van der Waals surface area contributed by atoms with Gasteiger partial charge >= 0.3 is 0 Å². The normalized spacial score (nSPS) is 29.2. The first-order valence-electron chi connectivity index (χ1n) is 4.20. The van der Waals surface area contributed by atoms with Gasteiger partial charge in [0, 0.05) is 13.1 Å². The zero-order valence-corrected chi connectivity index (χ0v) is 7.91. The first-order valence-corrected chi connectivity index (χ1v) is 4.20. The van der Waals surface area contributed by atoms with E-state index >= 15 is 0 Å². The molecule has 2 fully saturated rings. The van der Waals surface area contributed by atoms with Crippen LogP contribution in [0.2, 0.25) is 0 Å². The van der Waals surface area contributed by atoms with E-state index in [0.717, 1.165) is 5.41 Å². The van der Waals surface area contributed by atoms with E-state index in [1.54, 1.807) is 0 Å². The molecule has 0 aromatic heterocycles. The summed E-state index contributed by atoms with van der Waals surface area (Å²) in [5, 5.41) is 3.40. The van der Waals surface area contributed by atoms with Gasteiger partial charge in [0.25, 0.3) is 0 Å². The molecule has 1 N–H and O–H groups in total. The van der Waals surface area contributed by atoms with Gasteiger partial charge in [0.1, 0.15) is 0 Å². The van der Waals surface area contributed by atoms with E-state index in [1.165, 1.54) is 39.0 Å². The first kappa shape index (κ1) is 9.30. The lowest BCUT2D eigenvalue weighted by atomic mass is 9.73. The molecule has 0 amide bonds. The summed E-state index contributed by atoms with van der Waals surface area (Å²) in [5.74, 6) is 0. The Morgan fingerprint density at radius 1 is 1.18 bits per heavy atom. The Morgan fingerprint density at radius 2 is 1.73 bits per heavy atom. The molecule has 0 unspecified atom stereocenters. The number of hydrogen-bond donors (Lipinski definition) is 1. The van der Waals surface area contributed by atoms with Crippen LogP contribution in [-0.2, 0) is 0 Å². The van der Waals surface area contributed by atoms with Gasteiger partial charge in [-0.05, 0) is 38.4 Å². The lowest BCUT2D eigenvalue weighted by molar-refractivity contribution is -0.00368. The van der Waals surface area contributed by atoms with Crippen LogP contribution in [0.15, 0.2) is 0 Å². The minimum Gasteiger partial charge on any atom is -0.317 e. The van der Waals surface area contributed by atoms with Crippen LogP contribution < -0.4 is 5.32 Å². The van der Waals surface area contributed by atoms with E-state index in [4.69, 9.17) is 0 Å². The highest BCUT2D eigenvalue weighted by atomic mass is 35.5. The van der Waals surface area contributed by atoms with E-state index in [1.807, 2.05) is 0 Å². The van der Waals surface area contributed by atoms with Crippen LogP contribution in [0.4, 0.5) is 0 Å². The number of hydrogen-bond acceptors (Lipinski definition) is 2. The van der Waals surface area contributed by atoms with Crippen molar-refractivity contribution in [2.45, 2.75) is 12.8 Å². The van der Waals surface area contributed by atoms with Crippen molar-refractivity contribution >= 4 is 12.4 Å². The van der Waals surface area contributed by atoms with Gasteiger partial charge in [-0.15, -0.1) is 12.4 Å². The molecule has 0 radical (unpaired) electrons. The van der Waals surface area contributed by atoms with Crippen molar-refractivity contribution in [3.63, 3.8) is 0 Å². The largest absolute Gasteiger partial charge is 0.317 e. The number of nitrogens with one attached hydrogen (secondary N) is 1. The predicted molar refractivity (Wildman–Crippen MR) is 49.3 cm³/mol. The summed E-state index contributed by atoms with van der Waals surface area (Å²) in [6, 6.07) is 0. The van der Waals surface area contributed by atoms with Gasteiger partial charge < -0.3 is 10.2 Å². The Balaban J connectivity index is 0.000000605. The fraction of sp³-hybridized carbons (Fsp3) is 1.00. The van der Waals surface area contributed by atoms with Gasteiger partial charge in [0.15, 0.2) is 0 Å². The Hall–Kier alpha value is 0.210. The van der Waals surface area contributed by atoms with Crippen molar-refractivity contribution < 1.29 is 0 Å². The lowest BCUT2D eigenvalue weighted by Gasteiger charge is -2.51. The van der Waals surface area contributed by atoms with Gasteiger partial charge in [-0.3, -0.25) is 0 Å². The van der Waals surface area contributed by atoms with Crippen LogP contribution in [0.5, 0.6) is 0 Å². The van der Waals surface area contributed by atoms with Gasteiger partial charge in [-0.2, -0.15) is 0 Å². The van der Waals surface area contributed by atoms with E-state index in [0.29, 0.717) is 0 Å². The molecule has 0 saturated carbocycles. The summed E-state index contributed by atoms with van der Waals surface area (Å²) < 4.78 is 0. The second-order valence-electron chi connectivity index (χ2n) is 3.92. The third kappa shape index (κ3) is 1.68. The van der Waals surface area contributed by atoms with Gasteiger partial charge in [-0.1, -0.05) is 0 Å². The summed E-state index contributed by atoms with van der Waals surface area (Å²) in [6.07, 6.45) is 2.80. The average molecular weight is 177 g/mol. The lowest BCUT2D eigenvalue weighted by Crippen LogP contribution is -2.58. The Bertz CT molecular complexity index is 117. The van der Waals surface area contributed by atoms with Crippen molar-refractivity contribution in [1.82, 2.24) is 10.2 Å². The molecule has 0 aromatic carbocycles. The fourth-order valence-corrected chi connectivity index (χ4v) is 2.37. The molecular formula is C8H17ClN2. The first-order chi connectivity index (χ1) is 4.81. The molecule has 66 valence electrons. The quantitative estimate of drug-likeness (QED) is 0.586. The molecule has 3 heteroatoms. The number of rotatable bonds is 0. The summed E-state index contributed by atoms with van der Waals surface area (Å²) >= 11 is 0. The molecule has 2 aliphatic rings. The third-order valence-electron chi connectivity index (χ3n) is 2.87. The number of likely N-dealkylation sites (tertiary alicyclic amines) is 1. The highest BCUT2D eigenvalue weighted by Crippen LogP contribution is 2.37. The van der Waals surface area contributed by atoms with Crippen LogP contribution in [0.25, 0.3) is 0 Å². The van der Waals surface area contributed by atoms with Gasteiger partial charge in [0.2, 0.25) is 0 Å². The summed E-state index contributed by atoms with van der Waals surface area (Å²) in [6.45, 7) is 5.17. The predicted octanol–water partition coefficient (Wildman–Crippen LogP) is 0.723. The zero-order valence-electron chi connectivity index (χ0n) is 7.10. The molecule has 0 aliphatic carbocycles. The zero-order chi connectivity index (χ0) is 7.03. The molecule has 1 spiro atoms. The Labute approximate surface area is 74.7 Å². The number of halogens is 1. The van der Waals surface area contributed by atoms with Crippen LogP contribution in [0.3, 0.4) is 0 Å². The smallest absolute Gasteiger partial charge is 0.00484 e. The molecule has 2 rings (SSSR count). The molecule has 0 atom stereocenters. The molecule has 11 heavy (non-hydrogen) atoms. The summed E-state index contributed by atoms with van der Waals surface area (Å²) in [5.41, 5.74) is 0.736. The van der Waals surface area contributed by atoms with Gasteiger partial charge in [-0.25, -0.2) is 0 Å². The summed E-state index contributed by atoms with van der Waals surface area (Å²) in [4.78, 5) is 2.42. The highest BCUT2D eigenvalue weighted by Gasteiger charge is 2.41. The van der Waals surface area contributed by atoms with Crippen molar-refractivity contribution in [3.8, 4) is 0 Å². The van der Waals surface area contributed by atoms with Crippen LogP contribution >= 0.6 is 12.4 Å². The Morgan fingerprint density at radius 3 is 2.18 bits per heavy atom. The molecule has 0 aromatic rings. The van der Waals surface area contributed by atoms with E-state index in [2.05, 4.69) is 17.3 Å². The van der Waals surface area contributed by atoms with Crippen molar-refractivity contribution in [1.29, 1.82) is 0 Å². The molecule has 2 nitrogen and oxygen atoms in total. The molecular weight excluding hydrogens is 160 g/mol. The van der Waals surface area contributed by atoms with E-state index in [9.17, 15) is 0 Å². The average Bonchev–Trinajstić information content (AvgIpc) is 1.87. The van der Waals surface area contributed by atoms with Crippen molar-refractivity contribution in [2.24, 2.45) is 5.41 Å². The van der Waals surface area contributed by atoms with Crippen LogP contribution in [-0.4, -0.2) is 38.1 Å². The summed E-state index contributed by atoms with van der Waals surface area (Å²) in [7, 11) is 2.22. The SMILES string of the molecule is CN1CC2(CCNCC2)C1.Cl. The monoisotopic (exact) mass is 176 g/mol. The van der Waals surface area contributed by atoms with Crippen molar-refractivity contribution in [2.75, 3.05) is 33.2 Å². The maximum Gasteiger partial charge on any atom is 0.00484 e. The standard InChI is InChI=1S/C8H16N2.ClH/c1-10-6-8(7-10)2-4-9-5-3-8;/h9H,2-7H2,1H3;1H. The van der Waals surface area contributed by atoms with Crippen LogP contribution in [0.1, 0.15) is 12.8 Å². The second kappa shape index (κ2) is 3.30. The molecule has 0 bridgehead atoms. The second-order valence-corrected chi connectivity index (χ2v) is 3.92. The van der Waals surface area contributed by atoms with E-state index < -0.39 is 0 Å². The Kier molecular flexibility index (Phi) is 2.79. The third-order valence-corrected chi connectivity index (χ3v) is 2.87. The number of nitrogens with zero attached hydrogens (tertiary/aromatic N) is 1. The van der Waals surface area contributed by atoms with E-state index in [-0.39, 0.29) is 12.4 Å². The molecule has 2 heterocycles. The topological polar surface area (TPSA) is 15.3 Å². The maximum atomic E-state index is 3.40. The number of piperidine rings is 1. The highest BCUT2D eigenvalue weighted by molar-refractivity contribution is 5.85. The molecule has 2 saturated heterocycles. The minimum absolute atomic E-state index is 0. The van der Waals surface area contributed by atoms with Crippen LogP contribution in [0, 0.1) is 5.41 Å². The maximum absolute atomic E-state index is 3.40. The van der Waals surface area contributed by atoms with Gasteiger partial charge in [0.05, 0.1) is 0 Å². The van der Waals surface area contributed by atoms with Crippen molar-refractivity contribution in [3.05, 3.63) is 0 Å².